The van der Waals surface area contributed by atoms with Crippen molar-refractivity contribution in [2.24, 2.45) is 0 Å². The number of aliphatic hydroxyl groups is 5. The summed E-state index contributed by atoms with van der Waals surface area (Å²) in [7, 11) is 0. The molecule has 0 fully saturated rings. The largest absolute Gasteiger partial charge is 1.00 e. The molecule has 0 unspecified atom stereocenters. The van der Waals surface area contributed by atoms with Gasteiger partial charge in [-0.25, -0.2) is 4.79 Å². The van der Waals surface area contributed by atoms with Gasteiger partial charge in [0.1, 0.15) is 18.3 Å². The molecule has 0 saturated heterocycles. The van der Waals surface area contributed by atoms with Crippen LogP contribution in [0.2, 0.25) is 0 Å². The molecule has 0 aliphatic rings. The number of hydrogen-bond donors (Lipinski definition) is 5. The normalized spacial score (nSPS) is 17.3. The summed E-state index contributed by atoms with van der Waals surface area (Å²) < 4.78 is 3.95. The van der Waals surface area contributed by atoms with E-state index < -0.39 is 43.0 Å². The van der Waals surface area contributed by atoms with Gasteiger partial charge in [-0.2, -0.15) is 0 Å². The van der Waals surface area contributed by atoms with E-state index in [0.717, 1.165) is 6.92 Å². The molecule has 0 radical (unpaired) electrons. The Morgan fingerprint density at radius 2 is 1.65 bits per heavy atom. The molecule has 0 aromatic carbocycles. The Bertz CT molecular complexity index is 263. The zero-order valence-electron chi connectivity index (χ0n) is 10.5. The first kappa shape index (κ1) is 19.3. The predicted octanol–water partition coefficient (Wildman–Crippen LogP) is -6.37. The van der Waals surface area contributed by atoms with Gasteiger partial charge in [0, 0.05) is 6.92 Å². The van der Waals surface area contributed by atoms with Crippen LogP contribution in [0.15, 0.2) is 0 Å². The van der Waals surface area contributed by atoms with E-state index in [1.807, 2.05) is 0 Å². The number of aliphatic hydroxyl groups excluding tert-OH is 5. The quantitative estimate of drug-likeness (QED) is 0.187. The van der Waals surface area contributed by atoms with Crippen LogP contribution in [0.4, 0.5) is 0 Å². The molecule has 0 rings (SSSR count). The fourth-order valence-electron chi connectivity index (χ4n) is 0.864. The summed E-state index contributed by atoms with van der Waals surface area (Å²) in [6, 6.07) is 0. The molecule has 0 aromatic heterocycles. The smallest absolute Gasteiger partial charge is 1.00 e. The minimum atomic E-state index is -2.19. The van der Waals surface area contributed by atoms with Crippen molar-refractivity contribution in [1.82, 2.24) is 0 Å². The molecule has 4 atom stereocenters. The van der Waals surface area contributed by atoms with Crippen LogP contribution in [-0.2, 0) is 14.3 Å². The number of carbonyl (C=O) groups excluding carboxylic acids is 2. The molecule has 5 N–H and O–H groups in total. The fraction of sp³-hybridized carbons (Fsp3) is 0.750. The van der Waals surface area contributed by atoms with E-state index in [1.54, 1.807) is 0 Å². The van der Waals surface area contributed by atoms with Crippen LogP contribution in [-0.4, -0.2) is 68.5 Å². The Morgan fingerprint density at radius 3 is 2.00 bits per heavy atom. The van der Waals surface area contributed by atoms with E-state index in [2.05, 4.69) is 4.74 Å². The maximum atomic E-state index is 10.9. The third-order valence-corrected chi connectivity index (χ3v) is 1.74. The Morgan fingerprint density at radius 1 is 1.18 bits per heavy atom. The second kappa shape index (κ2) is 8.95. The van der Waals surface area contributed by atoms with E-state index in [1.165, 1.54) is 0 Å². The summed E-state index contributed by atoms with van der Waals surface area (Å²) >= 11 is 0. The first-order chi connectivity index (χ1) is 7.31. The van der Waals surface area contributed by atoms with Crippen molar-refractivity contribution in [3.8, 4) is 0 Å². The minimum Gasteiger partial charge on any atom is -1.00 e. The summed E-state index contributed by atoms with van der Waals surface area (Å²) in [4.78, 5) is 21.3. The second-order valence-electron chi connectivity index (χ2n) is 3.09. The van der Waals surface area contributed by atoms with Crippen molar-refractivity contribution < 1.29 is 70.8 Å². The summed E-state index contributed by atoms with van der Waals surface area (Å²) in [6.07, 6.45) is -7.94. The van der Waals surface area contributed by atoms with Crippen LogP contribution in [0.3, 0.4) is 0 Å². The Balaban J connectivity index is -0.00000112. The third-order valence-electron chi connectivity index (χ3n) is 1.74. The Labute approximate surface area is 121 Å². The molecule has 0 aliphatic heterocycles. The van der Waals surface area contributed by atoms with Crippen molar-refractivity contribution in [3.05, 3.63) is 0 Å². The van der Waals surface area contributed by atoms with Gasteiger partial charge >= 0.3 is 41.5 Å². The van der Waals surface area contributed by atoms with Crippen molar-refractivity contribution in [2.45, 2.75) is 31.3 Å². The number of carbonyl (C=O) groups is 2. The van der Waals surface area contributed by atoms with Gasteiger partial charge in [0.2, 0.25) is 0 Å². The SMILES string of the molecule is CC(=O)OC(=O)[C@H](O)[C@@H](O)[C@H](O)[C@H](O)CO.[H-].[Na+]. The Hall–Kier alpha value is -0.0600. The van der Waals surface area contributed by atoms with Crippen molar-refractivity contribution in [1.29, 1.82) is 0 Å². The molecule has 0 bridgehead atoms. The molecule has 0 saturated carbocycles. The van der Waals surface area contributed by atoms with Crippen molar-refractivity contribution in [2.75, 3.05) is 6.61 Å². The first-order valence-corrected chi connectivity index (χ1v) is 4.36. The van der Waals surface area contributed by atoms with Crippen LogP contribution in [0, 0.1) is 0 Å². The summed E-state index contributed by atoms with van der Waals surface area (Å²) in [5, 5.41) is 44.8. The van der Waals surface area contributed by atoms with Gasteiger partial charge in [-0.05, 0) is 0 Å². The summed E-state index contributed by atoms with van der Waals surface area (Å²) in [6.45, 7) is 0.0443. The van der Waals surface area contributed by atoms with Crippen LogP contribution >= 0.6 is 0 Å². The zero-order valence-corrected chi connectivity index (χ0v) is 11.5. The first-order valence-electron chi connectivity index (χ1n) is 4.36. The van der Waals surface area contributed by atoms with E-state index >= 15 is 0 Å². The molecule has 8 nitrogen and oxygen atoms in total. The van der Waals surface area contributed by atoms with Crippen LogP contribution in [0.5, 0.6) is 0 Å². The van der Waals surface area contributed by atoms with Gasteiger partial charge in [0.25, 0.3) is 0 Å². The topological polar surface area (TPSA) is 145 Å². The molecule has 0 aliphatic carbocycles. The van der Waals surface area contributed by atoms with Gasteiger partial charge in [-0.3, -0.25) is 4.79 Å². The fourth-order valence-corrected chi connectivity index (χ4v) is 0.864. The second-order valence-corrected chi connectivity index (χ2v) is 3.09. The Kier molecular flexibility index (Phi) is 10.2. The molecule has 96 valence electrons. The molecule has 9 heteroatoms. The predicted molar refractivity (Wildman–Crippen MR) is 49.0 cm³/mol. The van der Waals surface area contributed by atoms with Gasteiger partial charge in [-0.1, -0.05) is 0 Å². The maximum absolute atomic E-state index is 10.9. The van der Waals surface area contributed by atoms with Crippen LogP contribution < -0.4 is 29.6 Å². The maximum Gasteiger partial charge on any atom is 1.00 e. The molecule has 0 aromatic rings. The molecule has 0 spiro atoms. The van der Waals surface area contributed by atoms with Gasteiger partial charge in [0.15, 0.2) is 6.10 Å². The average Bonchev–Trinajstić information content (AvgIpc) is 2.23. The molecule has 17 heavy (non-hydrogen) atoms. The standard InChI is InChI=1S/C8H14O8.Na.H/c1-3(10)16-8(15)7(14)6(13)5(12)4(11)2-9;;/h4-7,9,11-14H,2H2,1H3;;/q;+1;-1/t4-,5-,6+,7-;;/m1../s1. The average molecular weight is 262 g/mol. The van der Waals surface area contributed by atoms with Crippen molar-refractivity contribution >= 4 is 11.9 Å². The van der Waals surface area contributed by atoms with Crippen LogP contribution in [0.1, 0.15) is 8.35 Å². The molecule has 0 amide bonds. The monoisotopic (exact) mass is 262 g/mol. The number of hydrogen-bond acceptors (Lipinski definition) is 8. The van der Waals surface area contributed by atoms with Crippen LogP contribution in [0.25, 0.3) is 0 Å². The third kappa shape index (κ3) is 6.43. The van der Waals surface area contributed by atoms with E-state index in [-0.39, 0.29) is 31.0 Å². The summed E-state index contributed by atoms with van der Waals surface area (Å²) in [5.74, 6) is -2.45. The zero-order chi connectivity index (χ0) is 12.9. The minimum absolute atomic E-state index is 0. The van der Waals surface area contributed by atoms with E-state index in [4.69, 9.17) is 20.4 Å². The van der Waals surface area contributed by atoms with Gasteiger partial charge in [0.05, 0.1) is 6.61 Å². The molecule has 0 heterocycles. The summed E-state index contributed by atoms with van der Waals surface area (Å²) in [5.41, 5.74) is 0. The number of rotatable bonds is 5. The van der Waals surface area contributed by atoms with E-state index in [9.17, 15) is 14.7 Å². The van der Waals surface area contributed by atoms with Gasteiger partial charge < -0.3 is 31.7 Å². The van der Waals surface area contributed by atoms with Crippen molar-refractivity contribution in [3.63, 3.8) is 0 Å². The number of esters is 2. The molecular weight excluding hydrogens is 247 g/mol. The van der Waals surface area contributed by atoms with E-state index in [0.29, 0.717) is 0 Å². The molecular formula is C8H15NaO8. The number of ether oxygens (including phenoxy) is 1. The van der Waals surface area contributed by atoms with Gasteiger partial charge in [-0.15, -0.1) is 0 Å².